The fourth-order valence-corrected chi connectivity index (χ4v) is 2.10. The Bertz CT molecular complexity index is 630. The molecule has 0 N–H and O–H groups in total. The first-order valence-corrected chi connectivity index (χ1v) is 6.53. The predicted molar refractivity (Wildman–Crippen MR) is 77.4 cm³/mol. The third kappa shape index (κ3) is 3.12. The zero-order chi connectivity index (χ0) is 14.5. The minimum Gasteiger partial charge on any atom is -0.390 e. The molecule has 0 heterocycles. The van der Waals surface area contributed by atoms with E-state index in [2.05, 4.69) is 4.74 Å². The molecule has 2 rings (SSSR count). The van der Waals surface area contributed by atoms with Gasteiger partial charge in [-0.1, -0.05) is 43.3 Å². The van der Waals surface area contributed by atoms with Gasteiger partial charge in [0, 0.05) is 6.92 Å². The zero-order valence-electron chi connectivity index (χ0n) is 11.6. The molecule has 0 spiro atoms. The Hall–Kier alpha value is -2.42. The standard InChI is InChI=1S/C17H16O3/c1-3-13-11-15(17(19)20-12(2)18)9-10-16(13)14-7-5-4-6-8-14/h4-11H,3H2,1-2H3. The number of benzene rings is 2. The van der Waals surface area contributed by atoms with Crippen molar-refractivity contribution in [3.05, 3.63) is 59.7 Å². The molecule has 0 radical (unpaired) electrons. The first kappa shape index (κ1) is 14.0. The average Bonchev–Trinajstić information content (AvgIpc) is 2.46. The minimum absolute atomic E-state index is 0.400. The van der Waals surface area contributed by atoms with E-state index in [1.54, 1.807) is 12.1 Å². The Morgan fingerprint density at radius 2 is 1.75 bits per heavy atom. The molecule has 3 nitrogen and oxygen atoms in total. The molecule has 0 aliphatic rings. The van der Waals surface area contributed by atoms with Gasteiger partial charge in [-0.05, 0) is 35.2 Å². The van der Waals surface area contributed by atoms with Gasteiger partial charge in [0.25, 0.3) is 0 Å². The van der Waals surface area contributed by atoms with Gasteiger partial charge in [-0.3, -0.25) is 4.79 Å². The lowest BCUT2D eigenvalue weighted by Gasteiger charge is -2.10. The van der Waals surface area contributed by atoms with E-state index >= 15 is 0 Å². The molecule has 0 saturated carbocycles. The third-order valence-corrected chi connectivity index (χ3v) is 3.04. The van der Waals surface area contributed by atoms with Crippen LogP contribution in [0.3, 0.4) is 0 Å². The Balaban J connectivity index is 2.38. The zero-order valence-corrected chi connectivity index (χ0v) is 11.6. The molecule has 0 aliphatic carbocycles. The molecule has 0 saturated heterocycles. The highest BCUT2D eigenvalue weighted by Gasteiger charge is 2.12. The summed E-state index contributed by atoms with van der Waals surface area (Å²) in [7, 11) is 0. The van der Waals surface area contributed by atoms with Crippen molar-refractivity contribution in [3.63, 3.8) is 0 Å². The largest absolute Gasteiger partial charge is 0.390 e. The van der Waals surface area contributed by atoms with Gasteiger partial charge in [-0.25, -0.2) is 4.79 Å². The van der Waals surface area contributed by atoms with E-state index in [4.69, 9.17) is 0 Å². The van der Waals surface area contributed by atoms with E-state index in [-0.39, 0.29) is 0 Å². The van der Waals surface area contributed by atoms with E-state index in [1.807, 2.05) is 43.3 Å². The Morgan fingerprint density at radius 3 is 2.35 bits per heavy atom. The van der Waals surface area contributed by atoms with E-state index < -0.39 is 11.9 Å². The van der Waals surface area contributed by atoms with Crippen molar-refractivity contribution < 1.29 is 14.3 Å². The van der Waals surface area contributed by atoms with E-state index in [0.29, 0.717) is 5.56 Å². The van der Waals surface area contributed by atoms with Crippen molar-refractivity contribution >= 4 is 11.9 Å². The van der Waals surface area contributed by atoms with Crippen molar-refractivity contribution in [2.75, 3.05) is 0 Å². The number of esters is 2. The number of aryl methyl sites for hydroxylation is 1. The number of carbonyl (C=O) groups excluding carboxylic acids is 2. The van der Waals surface area contributed by atoms with Gasteiger partial charge >= 0.3 is 11.9 Å². The van der Waals surface area contributed by atoms with Gasteiger partial charge in [-0.2, -0.15) is 0 Å². The van der Waals surface area contributed by atoms with Crippen molar-refractivity contribution in [3.8, 4) is 11.1 Å². The molecule has 0 fully saturated rings. The van der Waals surface area contributed by atoms with Crippen LogP contribution in [0.1, 0.15) is 29.8 Å². The highest BCUT2D eigenvalue weighted by molar-refractivity contribution is 5.97. The summed E-state index contributed by atoms with van der Waals surface area (Å²) in [5.41, 5.74) is 3.65. The van der Waals surface area contributed by atoms with Crippen LogP contribution in [-0.2, 0) is 16.0 Å². The van der Waals surface area contributed by atoms with Crippen LogP contribution < -0.4 is 0 Å². The number of hydrogen-bond donors (Lipinski definition) is 0. The molecule has 2 aromatic carbocycles. The fraction of sp³-hybridized carbons (Fsp3) is 0.176. The maximum Gasteiger partial charge on any atom is 0.345 e. The summed E-state index contributed by atoms with van der Waals surface area (Å²) >= 11 is 0. The number of ether oxygens (including phenoxy) is 1. The molecule has 2 aromatic rings. The van der Waals surface area contributed by atoms with Gasteiger partial charge < -0.3 is 4.74 Å². The minimum atomic E-state index is -0.605. The maximum atomic E-state index is 11.7. The molecular weight excluding hydrogens is 252 g/mol. The van der Waals surface area contributed by atoms with Gasteiger partial charge in [0.2, 0.25) is 0 Å². The van der Waals surface area contributed by atoms with Gasteiger partial charge in [0.15, 0.2) is 0 Å². The van der Waals surface area contributed by atoms with Crippen LogP contribution in [0, 0.1) is 0 Å². The first-order valence-electron chi connectivity index (χ1n) is 6.53. The SMILES string of the molecule is CCc1cc(C(=O)OC(C)=O)ccc1-c1ccccc1. The summed E-state index contributed by atoms with van der Waals surface area (Å²) in [5.74, 6) is -1.20. The summed E-state index contributed by atoms with van der Waals surface area (Å²) in [6, 6.07) is 15.3. The van der Waals surface area contributed by atoms with Crippen LogP contribution in [0.2, 0.25) is 0 Å². The Labute approximate surface area is 118 Å². The molecule has 102 valence electrons. The molecule has 0 aliphatic heterocycles. The van der Waals surface area contributed by atoms with Gasteiger partial charge in [0.05, 0.1) is 5.56 Å². The summed E-state index contributed by atoms with van der Waals surface area (Å²) in [5, 5.41) is 0. The number of carbonyl (C=O) groups is 2. The van der Waals surface area contributed by atoms with Gasteiger partial charge in [0.1, 0.15) is 0 Å². The van der Waals surface area contributed by atoms with Crippen molar-refractivity contribution in [2.24, 2.45) is 0 Å². The Morgan fingerprint density at radius 1 is 1.05 bits per heavy atom. The Kier molecular flexibility index (Phi) is 4.31. The number of hydrogen-bond acceptors (Lipinski definition) is 3. The first-order chi connectivity index (χ1) is 9.61. The topological polar surface area (TPSA) is 43.4 Å². The average molecular weight is 268 g/mol. The normalized spacial score (nSPS) is 10.1. The second kappa shape index (κ2) is 6.15. The molecule has 0 aromatic heterocycles. The van der Waals surface area contributed by atoms with Crippen LogP contribution in [-0.4, -0.2) is 11.9 Å². The highest BCUT2D eigenvalue weighted by atomic mass is 16.6. The molecule has 0 atom stereocenters. The predicted octanol–water partition coefficient (Wildman–Crippen LogP) is 3.62. The van der Waals surface area contributed by atoms with Crippen molar-refractivity contribution in [1.29, 1.82) is 0 Å². The summed E-state index contributed by atoms with van der Waals surface area (Å²) in [6.07, 6.45) is 0.797. The van der Waals surface area contributed by atoms with E-state index in [9.17, 15) is 9.59 Å². The molecule has 20 heavy (non-hydrogen) atoms. The lowest BCUT2D eigenvalue weighted by Crippen LogP contribution is -2.09. The second-order valence-corrected chi connectivity index (χ2v) is 4.47. The van der Waals surface area contributed by atoms with E-state index in [1.165, 1.54) is 6.92 Å². The molecule has 3 heteroatoms. The summed E-state index contributed by atoms with van der Waals surface area (Å²) in [6.45, 7) is 3.25. The quantitative estimate of drug-likeness (QED) is 0.630. The highest BCUT2D eigenvalue weighted by Crippen LogP contribution is 2.25. The maximum absolute atomic E-state index is 11.7. The molecule has 0 amide bonds. The smallest absolute Gasteiger partial charge is 0.345 e. The fourth-order valence-electron chi connectivity index (χ4n) is 2.10. The number of rotatable bonds is 3. The monoisotopic (exact) mass is 268 g/mol. The summed E-state index contributed by atoms with van der Waals surface area (Å²) in [4.78, 5) is 22.6. The molecule has 0 unspecified atom stereocenters. The van der Waals surface area contributed by atoms with Crippen LogP contribution in [0.4, 0.5) is 0 Å². The van der Waals surface area contributed by atoms with E-state index in [0.717, 1.165) is 23.1 Å². The lowest BCUT2D eigenvalue weighted by molar-refractivity contribution is -0.135. The third-order valence-electron chi connectivity index (χ3n) is 3.04. The lowest BCUT2D eigenvalue weighted by atomic mass is 9.96. The van der Waals surface area contributed by atoms with Crippen LogP contribution in [0.25, 0.3) is 11.1 Å². The van der Waals surface area contributed by atoms with Crippen molar-refractivity contribution in [2.45, 2.75) is 20.3 Å². The van der Waals surface area contributed by atoms with Gasteiger partial charge in [-0.15, -0.1) is 0 Å². The molecular formula is C17H16O3. The second-order valence-electron chi connectivity index (χ2n) is 4.47. The van der Waals surface area contributed by atoms with Crippen LogP contribution in [0.15, 0.2) is 48.5 Å². The van der Waals surface area contributed by atoms with Crippen LogP contribution in [0.5, 0.6) is 0 Å². The van der Waals surface area contributed by atoms with Crippen LogP contribution >= 0.6 is 0 Å². The van der Waals surface area contributed by atoms with Crippen molar-refractivity contribution in [1.82, 2.24) is 0 Å². The molecule has 0 bridgehead atoms. The summed E-state index contributed by atoms with van der Waals surface area (Å²) < 4.78 is 4.60.